The first-order valence-corrected chi connectivity index (χ1v) is 6.49. The first kappa shape index (κ1) is 10.3. The third-order valence-corrected chi connectivity index (χ3v) is 4.05. The first-order chi connectivity index (χ1) is 6.76. The van der Waals surface area contributed by atoms with E-state index in [9.17, 15) is 0 Å². The van der Waals surface area contributed by atoms with Crippen molar-refractivity contribution in [2.24, 2.45) is 0 Å². The Kier molecular flexibility index (Phi) is 3.04. The molecule has 0 fully saturated rings. The summed E-state index contributed by atoms with van der Waals surface area (Å²) in [4.78, 5) is 0.988. The lowest BCUT2D eigenvalue weighted by Gasteiger charge is -1.97. The number of hydrogen-bond acceptors (Lipinski definition) is 3. The number of halogens is 1. The van der Waals surface area contributed by atoms with E-state index in [0.29, 0.717) is 0 Å². The van der Waals surface area contributed by atoms with Crippen LogP contribution >= 0.6 is 39.9 Å². The minimum atomic E-state index is 0.822. The predicted molar refractivity (Wildman–Crippen MR) is 68.3 cm³/mol. The number of fused-ring (bicyclic) bond motifs is 1. The van der Waals surface area contributed by atoms with E-state index < -0.39 is 0 Å². The number of hydrogen-bond donors (Lipinski definition) is 1. The van der Waals surface area contributed by atoms with Gasteiger partial charge in [0.1, 0.15) is 0 Å². The number of ether oxygens (including phenoxy) is 1. The van der Waals surface area contributed by atoms with Crippen molar-refractivity contribution in [2.45, 2.75) is 10.2 Å². The largest absolute Gasteiger partial charge is 0.487 e. The summed E-state index contributed by atoms with van der Waals surface area (Å²) in [6.45, 7) is 0. The lowest BCUT2D eigenvalue weighted by atomic mass is 10.2. The Morgan fingerprint density at radius 2 is 2.29 bits per heavy atom. The molecule has 0 aliphatic heterocycles. The second-order valence-corrected chi connectivity index (χ2v) is 4.98. The number of rotatable bonds is 2. The molecule has 0 spiro atoms. The zero-order chi connectivity index (χ0) is 10.1. The van der Waals surface area contributed by atoms with Gasteiger partial charge < -0.3 is 4.74 Å². The Balaban J connectivity index is 2.73. The van der Waals surface area contributed by atoms with Gasteiger partial charge in [-0.3, -0.25) is 0 Å². The van der Waals surface area contributed by atoms with Crippen molar-refractivity contribution in [2.75, 3.05) is 7.11 Å². The van der Waals surface area contributed by atoms with Crippen LogP contribution in [0.25, 0.3) is 10.1 Å². The molecule has 0 saturated heterocycles. The van der Waals surface area contributed by atoms with E-state index in [1.165, 1.54) is 15.6 Å². The zero-order valence-electron chi connectivity index (χ0n) is 7.58. The van der Waals surface area contributed by atoms with Gasteiger partial charge >= 0.3 is 0 Å². The molecule has 0 atom stereocenters. The van der Waals surface area contributed by atoms with Crippen LogP contribution in [0.4, 0.5) is 0 Å². The molecule has 0 unspecified atom stereocenters. The molecule has 0 amide bonds. The summed E-state index contributed by atoms with van der Waals surface area (Å²) in [6.07, 6.45) is 0. The van der Waals surface area contributed by atoms with E-state index in [1.807, 2.05) is 6.07 Å². The Morgan fingerprint density at radius 3 is 2.93 bits per heavy atom. The number of methoxy groups -OCH3 is 1. The minimum absolute atomic E-state index is 0.822. The first-order valence-electron chi connectivity index (χ1n) is 4.10. The molecule has 4 heteroatoms. The van der Waals surface area contributed by atoms with Gasteiger partial charge in [-0.05, 0) is 12.1 Å². The van der Waals surface area contributed by atoms with Crippen LogP contribution in [0.1, 0.15) is 5.56 Å². The highest BCUT2D eigenvalue weighted by atomic mass is 79.9. The second-order valence-electron chi connectivity index (χ2n) is 2.89. The summed E-state index contributed by atoms with van der Waals surface area (Å²) >= 11 is 9.45. The van der Waals surface area contributed by atoms with Crippen LogP contribution in [0.15, 0.2) is 23.1 Å². The van der Waals surface area contributed by atoms with E-state index in [0.717, 1.165) is 15.3 Å². The van der Waals surface area contributed by atoms with E-state index in [2.05, 4.69) is 40.7 Å². The number of benzene rings is 1. The third kappa shape index (κ3) is 1.66. The van der Waals surface area contributed by atoms with Gasteiger partial charge in [-0.1, -0.05) is 33.3 Å². The zero-order valence-corrected chi connectivity index (χ0v) is 10.9. The topological polar surface area (TPSA) is 9.23 Å². The Hall–Kier alpha value is -0.190. The van der Waals surface area contributed by atoms with Crippen molar-refractivity contribution in [3.63, 3.8) is 0 Å². The van der Waals surface area contributed by atoms with E-state index in [-0.39, 0.29) is 0 Å². The van der Waals surface area contributed by atoms with E-state index in [1.54, 1.807) is 18.4 Å². The van der Waals surface area contributed by atoms with Crippen LogP contribution in [0, 0.1) is 0 Å². The van der Waals surface area contributed by atoms with E-state index in [4.69, 9.17) is 4.74 Å². The fraction of sp³-hybridized carbons (Fsp3) is 0.200. The minimum Gasteiger partial charge on any atom is -0.487 e. The summed E-state index contributed by atoms with van der Waals surface area (Å²) < 4.78 is 6.55. The summed E-state index contributed by atoms with van der Waals surface area (Å²) in [5, 5.41) is 3.06. The maximum absolute atomic E-state index is 5.32. The third-order valence-electron chi connectivity index (χ3n) is 2.06. The van der Waals surface area contributed by atoms with Gasteiger partial charge in [0.2, 0.25) is 0 Å². The molecule has 0 radical (unpaired) electrons. The van der Waals surface area contributed by atoms with Crippen molar-refractivity contribution >= 4 is 50.0 Å². The molecular weight excluding hydrogens is 280 g/mol. The molecule has 2 rings (SSSR count). The van der Waals surface area contributed by atoms with Crippen LogP contribution in [0.2, 0.25) is 0 Å². The van der Waals surface area contributed by atoms with Crippen LogP contribution in [0.5, 0.6) is 5.06 Å². The monoisotopic (exact) mass is 288 g/mol. The quantitative estimate of drug-likeness (QED) is 0.647. The molecule has 1 aromatic carbocycles. The van der Waals surface area contributed by atoms with E-state index >= 15 is 0 Å². The summed E-state index contributed by atoms with van der Waals surface area (Å²) in [5.41, 5.74) is 1.22. The highest BCUT2D eigenvalue weighted by Gasteiger charge is 2.11. The molecule has 0 aliphatic carbocycles. The van der Waals surface area contributed by atoms with Gasteiger partial charge in [-0.2, -0.15) is 0 Å². The Labute approximate surface area is 101 Å². The second kappa shape index (κ2) is 4.13. The fourth-order valence-corrected chi connectivity index (χ4v) is 3.52. The smallest absolute Gasteiger partial charge is 0.178 e. The molecule has 0 saturated carbocycles. The maximum atomic E-state index is 5.32. The molecule has 1 nitrogen and oxygen atoms in total. The average molecular weight is 289 g/mol. The van der Waals surface area contributed by atoms with Crippen molar-refractivity contribution in [1.82, 2.24) is 0 Å². The average Bonchev–Trinajstić information content (AvgIpc) is 2.54. The summed E-state index contributed by atoms with van der Waals surface area (Å²) in [5.74, 6) is 0. The molecular formula is C10H9BrOS2. The van der Waals surface area contributed by atoms with Crippen molar-refractivity contribution in [3.05, 3.63) is 23.8 Å². The lowest BCUT2D eigenvalue weighted by Crippen LogP contribution is -1.82. The highest BCUT2D eigenvalue weighted by Crippen LogP contribution is 2.39. The normalized spacial score (nSPS) is 10.8. The summed E-state index contributed by atoms with van der Waals surface area (Å²) in [7, 11) is 1.71. The van der Waals surface area contributed by atoms with Gasteiger partial charge in [0, 0.05) is 25.9 Å². The Morgan fingerprint density at radius 1 is 1.50 bits per heavy atom. The van der Waals surface area contributed by atoms with Crippen LogP contribution in [-0.2, 0) is 5.33 Å². The number of thiol groups is 1. The number of thiophene rings is 1. The fourth-order valence-electron chi connectivity index (χ4n) is 1.41. The molecule has 1 aromatic heterocycles. The van der Waals surface area contributed by atoms with Crippen molar-refractivity contribution in [3.8, 4) is 5.06 Å². The standard InChI is InChI=1S/C10H9BrOS2/c1-12-10-8(5-11)7-3-2-6(13)4-9(7)14-10/h2-4,13H,5H2,1H3. The molecule has 0 bridgehead atoms. The SMILES string of the molecule is COc1sc2cc(S)ccc2c1CBr. The molecule has 74 valence electrons. The van der Waals surface area contributed by atoms with Gasteiger partial charge in [0.05, 0.1) is 7.11 Å². The molecule has 0 N–H and O–H groups in total. The molecule has 1 heterocycles. The van der Waals surface area contributed by atoms with Gasteiger partial charge in [0.15, 0.2) is 5.06 Å². The van der Waals surface area contributed by atoms with Crippen molar-refractivity contribution < 1.29 is 4.74 Å². The van der Waals surface area contributed by atoms with Gasteiger partial charge in [-0.15, -0.1) is 12.6 Å². The number of alkyl halides is 1. The van der Waals surface area contributed by atoms with Gasteiger partial charge in [-0.25, -0.2) is 0 Å². The molecule has 2 aromatic rings. The Bertz CT molecular complexity index is 464. The van der Waals surface area contributed by atoms with Crippen molar-refractivity contribution in [1.29, 1.82) is 0 Å². The molecule has 0 aliphatic rings. The van der Waals surface area contributed by atoms with Crippen LogP contribution in [-0.4, -0.2) is 7.11 Å². The maximum Gasteiger partial charge on any atom is 0.178 e. The molecule has 14 heavy (non-hydrogen) atoms. The van der Waals surface area contributed by atoms with Crippen LogP contribution < -0.4 is 4.74 Å². The van der Waals surface area contributed by atoms with Crippen LogP contribution in [0.3, 0.4) is 0 Å². The highest BCUT2D eigenvalue weighted by molar-refractivity contribution is 9.08. The van der Waals surface area contributed by atoms with Gasteiger partial charge in [0.25, 0.3) is 0 Å². The lowest BCUT2D eigenvalue weighted by molar-refractivity contribution is 0.424. The summed E-state index contributed by atoms with van der Waals surface area (Å²) in [6, 6.07) is 6.16. The predicted octanol–water partition coefficient (Wildman–Crippen LogP) is 4.09.